The second kappa shape index (κ2) is 14.9. The minimum absolute atomic E-state index is 0.0352. The Labute approximate surface area is 236 Å². The molecule has 0 spiro atoms. The largest absolute Gasteiger partial charge is 0.496 e. The van der Waals surface area contributed by atoms with Crippen molar-refractivity contribution in [3.8, 4) is 17.0 Å². The van der Waals surface area contributed by atoms with E-state index in [1.165, 1.54) is 25.1 Å². The molecule has 0 aliphatic heterocycles. The SMILES string of the molecule is COc1ccc(-c2ccon2)cc1CC(=O)N[C@H](C(=O)NC(CC(=O)O)C(=O)CSCc1ccccc1)C(C)C. The number of carboxylic acid groups (broad SMARTS) is 1. The van der Waals surface area contributed by atoms with E-state index in [2.05, 4.69) is 15.8 Å². The molecule has 0 aliphatic carbocycles. The molecule has 0 saturated carbocycles. The molecule has 11 heteroatoms. The summed E-state index contributed by atoms with van der Waals surface area (Å²) in [6.07, 6.45) is 0.808. The maximum atomic E-state index is 13.2. The van der Waals surface area contributed by atoms with E-state index in [-0.39, 0.29) is 18.1 Å². The lowest BCUT2D eigenvalue weighted by atomic mass is 10.0. The van der Waals surface area contributed by atoms with E-state index in [4.69, 9.17) is 9.26 Å². The topological polar surface area (TPSA) is 148 Å². The third-order valence-corrected chi connectivity index (χ3v) is 7.10. The lowest BCUT2D eigenvalue weighted by Crippen LogP contribution is -2.54. The van der Waals surface area contributed by atoms with Crippen LogP contribution in [-0.4, -0.2) is 58.8 Å². The van der Waals surface area contributed by atoms with E-state index in [0.717, 1.165) is 11.1 Å². The van der Waals surface area contributed by atoms with E-state index >= 15 is 0 Å². The minimum atomic E-state index is -1.22. The molecule has 0 fully saturated rings. The molecule has 40 heavy (non-hydrogen) atoms. The van der Waals surface area contributed by atoms with Gasteiger partial charge < -0.3 is 25.0 Å². The first-order valence-corrected chi connectivity index (χ1v) is 13.9. The van der Waals surface area contributed by atoms with Crippen LogP contribution >= 0.6 is 11.8 Å². The second-order valence-corrected chi connectivity index (χ2v) is 10.5. The number of nitrogens with zero attached hydrogens (tertiary/aromatic N) is 1. The van der Waals surface area contributed by atoms with Crippen LogP contribution in [0, 0.1) is 5.92 Å². The van der Waals surface area contributed by atoms with Gasteiger partial charge in [0.05, 0.1) is 31.7 Å². The van der Waals surface area contributed by atoms with Gasteiger partial charge in [-0.1, -0.05) is 49.3 Å². The summed E-state index contributed by atoms with van der Waals surface area (Å²) in [5, 5.41) is 18.5. The number of hydrogen-bond donors (Lipinski definition) is 3. The van der Waals surface area contributed by atoms with Gasteiger partial charge in [0.25, 0.3) is 0 Å². The number of carboxylic acids is 1. The summed E-state index contributed by atoms with van der Waals surface area (Å²) in [6, 6.07) is 14.3. The molecule has 0 bridgehead atoms. The first-order valence-electron chi connectivity index (χ1n) is 12.7. The summed E-state index contributed by atoms with van der Waals surface area (Å²) in [6.45, 7) is 3.50. The summed E-state index contributed by atoms with van der Waals surface area (Å²) >= 11 is 1.34. The Hall–Kier alpha value is -4.12. The monoisotopic (exact) mass is 567 g/mol. The fraction of sp³-hybridized carbons (Fsp3) is 0.345. The number of ketones is 1. The zero-order chi connectivity index (χ0) is 29.1. The van der Waals surface area contributed by atoms with E-state index in [1.54, 1.807) is 38.1 Å². The minimum Gasteiger partial charge on any atom is -0.496 e. The quantitative estimate of drug-likeness (QED) is 0.251. The number of benzene rings is 2. The van der Waals surface area contributed by atoms with Crippen LogP contribution in [0.25, 0.3) is 11.3 Å². The Balaban J connectivity index is 1.65. The number of ether oxygens (including phenoxy) is 1. The number of methoxy groups -OCH3 is 1. The van der Waals surface area contributed by atoms with Crippen molar-refractivity contribution in [2.75, 3.05) is 12.9 Å². The van der Waals surface area contributed by atoms with Gasteiger partial charge in [0, 0.05) is 22.9 Å². The summed E-state index contributed by atoms with van der Waals surface area (Å²) in [4.78, 5) is 50.5. The van der Waals surface area contributed by atoms with Crippen molar-refractivity contribution in [1.29, 1.82) is 0 Å². The third kappa shape index (κ3) is 8.98. The maximum Gasteiger partial charge on any atom is 0.305 e. The second-order valence-electron chi connectivity index (χ2n) is 9.48. The number of thioether (sulfide) groups is 1. The van der Waals surface area contributed by atoms with E-state index in [0.29, 0.717) is 22.8 Å². The molecule has 1 heterocycles. The first kappa shape index (κ1) is 30.4. The predicted octanol–water partition coefficient (Wildman–Crippen LogP) is 3.50. The van der Waals surface area contributed by atoms with Crippen LogP contribution in [0.3, 0.4) is 0 Å². The van der Waals surface area contributed by atoms with Crippen LogP contribution in [0.5, 0.6) is 5.75 Å². The van der Waals surface area contributed by atoms with Crippen molar-refractivity contribution >= 4 is 35.3 Å². The van der Waals surface area contributed by atoms with Crippen LogP contribution in [0.15, 0.2) is 65.4 Å². The van der Waals surface area contributed by atoms with Crippen molar-refractivity contribution in [3.63, 3.8) is 0 Å². The van der Waals surface area contributed by atoms with Gasteiger partial charge >= 0.3 is 5.97 Å². The zero-order valence-electron chi connectivity index (χ0n) is 22.6. The predicted molar refractivity (Wildman–Crippen MR) is 151 cm³/mol. The number of aliphatic carboxylic acids is 1. The van der Waals surface area contributed by atoms with Crippen LogP contribution in [0.4, 0.5) is 0 Å². The fourth-order valence-electron chi connectivity index (χ4n) is 4.00. The van der Waals surface area contributed by atoms with E-state index in [9.17, 15) is 24.3 Å². The number of hydrogen-bond acceptors (Lipinski definition) is 8. The van der Waals surface area contributed by atoms with E-state index in [1.807, 2.05) is 30.3 Å². The van der Waals surface area contributed by atoms with Gasteiger partial charge in [-0.2, -0.15) is 0 Å². The van der Waals surface area contributed by atoms with E-state index < -0.39 is 42.1 Å². The summed E-state index contributed by atoms with van der Waals surface area (Å²) in [5.74, 6) is -1.91. The van der Waals surface area contributed by atoms with Gasteiger partial charge in [0.15, 0.2) is 5.78 Å². The average Bonchev–Trinajstić information content (AvgIpc) is 3.46. The number of aromatic nitrogens is 1. The molecule has 0 radical (unpaired) electrons. The molecular formula is C29H33N3O7S. The molecule has 1 aromatic heterocycles. The normalized spacial score (nSPS) is 12.4. The highest BCUT2D eigenvalue weighted by Crippen LogP contribution is 2.26. The van der Waals surface area contributed by atoms with Crippen molar-refractivity contribution in [2.45, 2.75) is 44.5 Å². The molecule has 3 N–H and O–H groups in total. The average molecular weight is 568 g/mol. The summed E-state index contributed by atoms with van der Waals surface area (Å²) in [7, 11) is 1.49. The first-order chi connectivity index (χ1) is 19.2. The highest BCUT2D eigenvalue weighted by atomic mass is 32.2. The van der Waals surface area contributed by atoms with Gasteiger partial charge in [-0.05, 0) is 29.7 Å². The fourth-order valence-corrected chi connectivity index (χ4v) is 4.93. The van der Waals surface area contributed by atoms with Crippen LogP contribution in [-0.2, 0) is 31.4 Å². The van der Waals surface area contributed by atoms with Crippen molar-refractivity contribution in [2.24, 2.45) is 5.92 Å². The molecule has 0 aliphatic rings. The lowest BCUT2D eigenvalue weighted by molar-refractivity contribution is -0.140. The summed E-state index contributed by atoms with van der Waals surface area (Å²) in [5.41, 5.74) is 2.94. The lowest BCUT2D eigenvalue weighted by Gasteiger charge is -2.25. The number of carbonyl (C=O) groups excluding carboxylic acids is 3. The van der Waals surface area contributed by atoms with Crippen molar-refractivity contribution in [3.05, 3.63) is 72.0 Å². The van der Waals surface area contributed by atoms with Gasteiger partial charge in [-0.3, -0.25) is 19.2 Å². The maximum absolute atomic E-state index is 13.2. The van der Waals surface area contributed by atoms with Gasteiger partial charge in [0.1, 0.15) is 23.7 Å². The Kier molecular flexibility index (Phi) is 11.3. The molecule has 3 aromatic rings. The zero-order valence-corrected chi connectivity index (χ0v) is 23.4. The number of amides is 2. The smallest absolute Gasteiger partial charge is 0.305 e. The van der Waals surface area contributed by atoms with Gasteiger partial charge in [0.2, 0.25) is 11.8 Å². The van der Waals surface area contributed by atoms with Crippen molar-refractivity contribution < 1.29 is 33.5 Å². The third-order valence-electron chi connectivity index (χ3n) is 6.07. The van der Waals surface area contributed by atoms with Crippen molar-refractivity contribution in [1.82, 2.24) is 15.8 Å². The number of rotatable bonds is 15. The molecule has 0 saturated heterocycles. The Morgan fingerprint density at radius 2 is 1.80 bits per heavy atom. The molecule has 2 amide bonds. The summed E-state index contributed by atoms with van der Waals surface area (Å²) < 4.78 is 10.3. The standard InChI is InChI=1S/C29H33N3O7S/c1-18(2)28(31-26(34)14-21-13-20(9-10-25(21)38-3)22-11-12-39-32-22)29(37)30-23(15-27(35)36)24(33)17-40-16-19-7-5-4-6-8-19/h4-13,18,23,28H,14-17H2,1-3H3,(H,30,37)(H,31,34)(H,35,36)/t23?,28-/m0/s1. The Bertz CT molecular complexity index is 1300. The molecule has 10 nitrogen and oxygen atoms in total. The number of nitrogens with one attached hydrogen (secondary N) is 2. The van der Waals surface area contributed by atoms with Crippen LogP contribution in [0.1, 0.15) is 31.4 Å². The Morgan fingerprint density at radius 1 is 1.05 bits per heavy atom. The number of carbonyl (C=O) groups is 4. The highest BCUT2D eigenvalue weighted by molar-refractivity contribution is 7.99. The molecule has 2 aromatic carbocycles. The van der Waals surface area contributed by atoms with Crippen LogP contribution in [0.2, 0.25) is 0 Å². The molecule has 212 valence electrons. The van der Waals surface area contributed by atoms with Crippen LogP contribution < -0.4 is 15.4 Å². The number of Topliss-reactive ketones (excluding diaryl/α,β-unsaturated/α-hetero) is 1. The molecular weight excluding hydrogens is 534 g/mol. The van der Waals surface area contributed by atoms with Gasteiger partial charge in [-0.25, -0.2) is 0 Å². The molecule has 3 rings (SSSR count). The molecule has 1 unspecified atom stereocenters. The highest BCUT2D eigenvalue weighted by Gasteiger charge is 2.30. The van der Waals surface area contributed by atoms with Gasteiger partial charge in [-0.15, -0.1) is 11.8 Å². The Morgan fingerprint density at radius 3 is 2.42 bits per heavy atom. The molecule has 2 atom stereocenters.